The van der Waals surface area contributed by atoms with Crippen molar-refractivity contribution in [1.82, 2.24) is 5.32 Å². The third-order valence-electron chi connectivity index (χ3n) is 7.78. The molecule has 6 nitrogen and oxygen atoms in total. The standard InChI is InChI=1S/C31H37N3O3S/c1-24-14-15-27(33-18-20-38(36,37)21-19-33)22-26(24)23-30(35)32-31(25-10-4-2-5-11-25)28-12-6-7-13-29(28)34-16-8-3-9-17-34/h2,4-7,10-15,22,31H,3,8-9,16-21,23H2,1H3,(H,32,35). The second-order valence-corrected chi connectivity index (χ2v) is 12.7. The molecule has 200 valence electrons. The van der Waals surface area contributed by atoms with E-state index in [1.807, 2.05) is 43.3 Å². The Morgan fingerprint density at radius 3 is 2.26 bits per heavy atom. The van der Waals surface area contributed by atoms with E-state index in [1.54, 1.807) is 0 Å². The van der Waals surface area contributed by atoms with Gasteiger partial charge in [-0.3, -0.25) is 4.79 Å². The lowest BCUT2D eigenvalue weighted by molar-refractivity contribution is -0.120. The van der Waals surface area contributed by atoms with Gasteiger partial charge in [-0.25, -0.2) is 8.42 Å². The molecular formula is C31H37N3O3S. The molecule has 0 aliphatic carbocycles. The Morgan fingerprint density at radius 1 is 0.842 bits per heavy atom. The predicted molar refractivity (Wildman–Crippen MR) is 155 cm³/mol. The summed E-state index contributed by atoms with van der Waals surface area (Å²) in [7, 11) is -2.95. The van der Waals surface area contributed by atoms with E-state index in [4.69, 9.17) is 0 Å². The van der Waals surface area contributed by atoms with Crippen molar-refractivity contribution in [3.05, 3.63) is 95.1 Å². The predicted octanol–water partition coefficient (Wildman–Crippen LogP) is 4.67. The molecule has 3 aromatic carbocycles. The maximum atomic E-state index is 13.6. The van der Waals surface area contributed by atoms with Crippen molar-refractivity contribution >= 4 is 27.1 Å². The van der Waals surface area contributed by atoms with Crippen LogP contribution in [0.4, 0.5) is 11.4 Å². The van der Waals surface area contributed by atoms with Crippen molar-refractivity contribution in [2.75, 3.05) is 47.5 Å². The van der Waals surface area contributed by atoms with Gasteiger partial charge in [0.05, 0.1) is 24.0 Å². The smallest absolute Gasteiger partial charge is 0.225 e. The molecule has 0 bridgehead atoms. The van der Waals surface area contributed by atoms with Crippen LogP contribution in [0.1, 0.15) is 47.6 Å². The molecule has 2 aliphatic rings. The van der Waals surface area contributed by atoms with Crippen LogP contribution in [0.5, 0.6) is 0 Å². The third-order valence-corrected chi connectivity index (χ3v) is 9.39. The number of amides is 1. The summed E-state index contributed by atoms with van der Waals surface area (Å²) < 4.78 is 23.7. The second kappa shape index (κ2) is 11.6. The van der Waals surface area contributed by atoms with E-state index in [-0.39, 0.29) is 29.9 Å². The number of nitrogens with zero attached hydrogens (tertiary/aromatic N) is 2. The lowest BCUT2D eigenvalue weighted by atomic mass is 9.95. The van der Waals surface area contributed by atoms with E-state index in [9.17, 15) is 13.2 Å². The first-order valence-electron chi connectivity index (χ1n) is 13.6. The van der Waals surface area contributed by atoms with Crippen molar-refractivity contribution in [2.24, 2.45) is 0 Å². The fourth-order valence-electron chi connectivity index (χ4n) is 5.54. The van der Waals surface area contributed by atoms with Crippen molar-refractivity contribution in [2.45, 2.75) is 38.6 Å². The highest BCUT2D eigenvalue weighted by Gasteiger charge is 2.25. The van der Waals surface area contributed by atoms with Gasteiger partial charge in [-0.1, -0.05) is 54.6 Å². The Balaban J connectivity index is 1.38. The first-order valence-corrected chi connectivity index (χ1v) is 15.4. The van der Waals surface area contributed by atoms with Crippen LogP contribution in [0, 0.1) is 6.92 Å². The summed E-state index contributed by atoms with van der Waals surface area (Å²) in [6.45, 7) is 5.07. The molecule has 1 unspecified atom stereocenters. The van der Waals surface area contributed by atoms with Crippen LogP contribution >= 0.6 is 0 Å². The van der Waals surface area contributed by atoms with Gasteiger partial charge in [0.2, 0.25) is 5.91 Å². The van der Waals surface area contributed by atoms with E-state index in [0.29, 0.717) is 13.1 Å². The number of anilines is 2. The lowest BCUT2D eigenvalue weighted by Gasteiger charge is -2.33. The number of hydrogen-bond donors (Lipinski definition) is 1. The van der Waals surface area contributed by atoms with E-state index in [2.05, 4.69) is 51.5 Å². The Morgan fingerprint density at radius 2 is 1.53 bits per heavy atom. The molecule has 2 saturated heterocycles. The number of nitrogens with one attached hydrogen (secondary N) is 1. The largest absolute Gasteiger partial charge is 0.371 e. The molecule has 7 heteroatoms. The Hall–Kier alpha value is -3.32. The van der Waals surface area contributed by atoms with Gasteiger partial charge in [0.25, 0.3) is 0 Å². The van der Waals surface area contributed by atoms with E-state index >= 15 is 0 Å². The highest BCUT2D eigenvalue weighted by Crippen LogP contribution is 2.33. The molecule has 1 N–H and O–H groups in total. The van der Waals surface area contributed by atoms with E-state index in [1.165, 1.54) is 24.9 Å². The van der Waals surface area contributed by atoms with Crippen LogP contribution in [0.15, 0.2) is 72.8 Å². The average Bonchev–Trinajstić information content (AvgIpc) is 2.94. The maximum absolute atomic E-state index is 13.6. The highest BCUT2D eigenvalue weighted by molar-refractivity contribution is 7.91. The molecule has 0 saturated carbocycles. The molecule has 5 rings (SSSR count). The molecule has 3 aromatic rings. The fraction of sp³-hybridized carbons (Fsp3) is 0.387. The van der Waals surface area contributed by atoms with Gasteiger partial charge in [0.1, 0.15) is 0 Å². The summed E-state index contributed by atoms with van der Waals surface area (Å²) in [5.74, 6) is 0.311. The number of carbonyl (C=O) groups excluding carboxylic acids is 1. The van der Waals surface area contributed by atoms with Crippen LogP contribution in [0.2, 0.25) is 0 Å². The summed E-state index contributed by atoms with van der Waals surface area (Å²) in [5, 5.41) is 3.36. The first kappa shape index (κ1) is 26.3. The number of para-hydroxylation sites is 1. The second-order valence-electron chi connectivity index (χ2n) is 10.4. The molecule has 1 atom stereocenters. The SMILES string of the molecule is Cc1ccc(N2CCS(=O)(=O)CC2)cc1CC(=O)NC(c1ccccc1)c1ccccc1N1CCCCC1. The fourth-order valence-corrected chi connectivity index (χ4v) is 6.74. The number of piperidine rings is 1. The zero-order valence-corrected chi connectivity index (χ0v) is 22.9. The maximum Gasteiger partial charge on any atom is 0.225 e. The number of rotatable bonds is 7. The normalized spacial score (nSPS) is 18.1. The average molecular weight is 532 g/mol. The summed E-state index contributed by atoms with van der Waals surface area (Å²) in [4.78, 5) is 18.1. The molecule has 2 heterocycles. The molecule has 2 aliphatic heterocycles. The van der Waals surface area contributed by atoms with Crippen LogP contribution in [0.3, 0.4) is 0 Å². The minimum atomic E-state index is -2.95. The molecule has 0 aromatic heterocycles. The molecule has 2 fully saturated rings. The van der Waals surface area contributed by atoms with Gasteiger partial charge in [0.15, 0.2) is 9.84 Å². The number of aryl methyl sites for hydroxylation is 1. The minimum Gasteiger partial charge on any atom is -0.371 e. The van der Waals surface area contributed by atoms with Crippen molar-refractivity contribution in [3.8, 4) is 0 Å². The Kier molecular flexibility index (Phi) is 8.03. The van der Waals surface area contributed by atoms with Gasteiger partial charge in [-0.05, 0) is 61.1 Å². The van der Waals surface area contributed by atoms with Crippen LogP contribution in [0.25, 0.3) is 0 Å². The zero-order valence-electron chi connectivity index (χ0n) is 22.1. The lowest BCUT2D eigenvalue weighted by Crippen LogP contribution is -2.40. The monoisotopic (exact) mass is 531 g/mol. The molecule has 0 spiro atoms. The number of sulfone groups is 1. The molecule has 0 radical (unpaired) electrons. The van der Waals surface area contributed by atoms with Crippen LogP contribution < -0.4 is 15.1 Å². The van der Waals surface area contributed by atoms with Gasteiger partial charge >= 0.3 is 0 Å². The highest BCUT2D eigenvalue weighted by atomic mass is 32.2. The number of hydrogen-bond acceptors (Lipinski definition) is 5. The summed E-state index contributed by atoms with van der Waals surface area (Å²) in [6, 6.07) is 24.5. The van der Waals surface area contributed by atoms with Gasteiger partial charge in [-0.15, -0.1) is 0 Å². The Labute approximate surface area is 226 Å². The minimum absolute atomic E-state index is 0.0335. The van der Waals surface area contributed by atoms with Gasteiger partial charge in [-0.2, -0.15) is 0 Å². The number of carbonyl (C=O) groups is 1. The summed E-state index contributed by atoms with van der Waals surface area (Å²) in [6.07, 6.45) is 3.91. The summed E-state index contributed by atoms with van der Waals surface area (Å²) in [5.41, 5.74) is 6.37. The van der Waals surface area contributed by atoms with E-state index in [0.717, 1.165) is 41.0 Å². The third kappa shape index (κ3) is 6.21. The van der Waals surface area contributed by atoms with Crippen molar-refractivity contribution < 1.29 is 13.2 Å². The van der Waals surface area contributed by atoms with Crippen LogP contribution in [-0.2, 0) is 21.1 Å². The molecule has 1 amide bonds. The van der Waals surface area contributed by atoms with Gasteiger partial charge < -0.3 is 15.1 Å². The van der Waals surface area contributed by atoms with Crippen LogP contribution in [-0.4, -0.2) is 52.0 Å². The quantitative estimate of drug-likeness (QED) is 0.480. The Bertz CT molecular complexity index is 1350. The van der Waals surface area contributed by atoms with Crippen molar-refractivity contribution in [1.29, 1.82) is 0 Å². The molecular weight excluding hydrogens is 494 g/mol. The summed E-state index contributed by atoms with van der Waals surface area (Å²) >= 11 is 0. The zero-order chi connectivity index (χ0) is 26.5. The first-order chi connectivity index (χ1) is 18.4. The van der Waals surface area contributed by atoms with E-state index < -0.39 is 9.84 Å². The van der Waals surface area contributed by atoms with Gasteiger partial charge in [0, 0.05) is 43.1 Å². The topological polar surface area (TPSA) is 69.7 Å². The number of benzene rings is 3. The molecule has 38 heavy (non-hydrogen) atoms. The van der Waals surface area contributed by atoms with Crippen molar-refractivity contribution in [3.63, 3.8) is 0 Å².